The van der Waals surface area contributed by atoms with Gasteiger partial charge in [-0.05, 0) is 5.56 Å². The van der Waals surface area contributed by atoms with Crippen molar-refractivity contribution in [2.45, 2.75) is 6.10 Å². The quantitative estimate of drug-likeness (QED) is 0.574. The first-order valence-corrected chi connectivity index (χ1v) is 5.34. The van der Waals surface area contributed by atoms with Crippen LogP contribution in [0.5, 0.6) is 0 Å². The molecule has 4 heteroatoms. The zero-order valence-corrected chi connectivity index (χ0v) is 9.21. The normalized spacial score (nSPS) is 17.5. The van der Waals surface area contributed by atoms with E-state index in [9.17, 15) is 0 Å². The van der Waals surface area contributed by atoms with Gasteiger partial charge in [0.2, 0.25) is 0 Å². The Morgan fingerprint density at radius 3 is 2.12 bits per heavy atom. The number of benzene rings is 1. The van der Waals surface area contributed by atoms with Crippen molar-refractivity contribution in [2.24, 2.45) is 0 Å². The molecule has 1 saturated heterocycles. The Kier molecular flexibility index (Phi) is 6.76. The second kappa shape index (κ2) is 8.24. The van der Waals surface area contributed by atoms with Crippen LogP contribution in [0.4, 0.5) is 0 Å². The zero-order valence-electron chi connectivity index (χ0n) is 9.21. The third-order valence-electron chi connectivity index (χ3n) is 1.98. The van der Waals surface area contributed by atoms with Gasteiger partial charge >= 0.3 is 0 Å². The van der Waals surface area contributed by atoms with E-state index >= 15 is 0 Å². The third kappa shape index (κ3) is 5.82. The lowest BCUT2D eigenvalue weighted by Gasteiger charge is -1.94. The summed E-state index contributed by atoms with van der Waals surface area (Å²) in [5, 5.41) is 16.2. The molecule has 2 N–H and O–H groups in total. The highest BCUT2D eigenvalue weighted by molar-refractivity contribution is 5.19. The molecule has 0 amide bonds. The van der Waals surface area contributed by atoms with Crippen molar-refractivity contribution >= 4 is 0 Å². The Labute approximate surface area is 95.4 Å². The molecule has 1 aliphatic heterocycles. The molecule has 90 valence electrons. The van der Waals surface area contributed by atoms with Gasteiger partial charge in [-0.3, -0.25) is 0 Å². The summed E-state index contributed by atoms with van der Waals surface area (Å²) in [5.74, 6) is 0. The van der Waals surface area contributed by atoms with Crippen molar-refractivity contribution in [2.75, 3.05) is 33.0 Å². The molecule has 0 aromatic heterocycles. The second-order valence-corrected chi connectivity index (χ2v) is 3.29. The maximum Gasteiger partial charge on any atom is 0.106 e. The molecular formula is C12H18O4. The minimum atomic E-state index is 0.0278. The van der Waals surface area contributed by atoms with Crippen molar-refractivity contribution in [3.8, 4) is 0 Å². The van der Waals surface area contributed by atoms with Crippen LogP contribution >= 0.6 is 0 Å². The van der Waals surface area contributed by atoms with E-state index in [1.165, 1.54) is 5.56 Å². The summed E-state index contributed by atoms with van der Waals surface area (Å²) in [6, 6.07) is 10.3. The monoisotopic (exact) mass is 226 g/mol. The van der Waals surface area contributed by atoms with Gasteiger partial charge in [0.1, 0.15) is 6.10 Å². The van der Waals surface area contributed by atoms with E-state index < -0.39 is 0 Å². The molecule has 16 heavy (non-hydrogen) atoms. The van der Waals surface area contributed by atoms with E-state index in [2.05, 4.69) is 16.9 Å². The molecule has 1 heterocycles. The van der Waals surface area contributed by atoms with Crippen molar-refractivity contribution in [1.29, 1.82) is 0 Å². The Hall–Kier alpha value is -0.940. The highest BCUT2D eigenvalue weighted by Crippen LogP contribution is 2.28. The summed E-state index contributed by atoms with van der Waals surface area (Å²) in [7, 11) is 0. The van der Waals surface area contributed by atoms with Crippen LogP contribution in [-0.2, 0) is 9.47 Å². The van der Waals surface area contributed by atoms with E-state index in [1.54, 1.807) is 0 Å². The lowest BCUT2D eigenvalue weighted by molar-refractivity contribution is 0.0650. The van der Waals surface area contributed by atoms with E-state index in [0.29, 0.717) is 19.3 Å². The van der Waals surface area contributed by atoms with Gasteiger partial charge in [0, 0.05) is 0 Å². The number of ether oxygens (including phenoxy) is 2. The number of aliphatic hydroxyl groups is 2. The van der Waals surface area contributed by atoms with E-state index in [-0.39, 0.29) is 13.2 Å². The highest BCUT2D eigenvalue weighted by atomic mass is 16.6. The number of epoxide rings is 1. The molecule has 1 fully saturated rings. The molecule has 1 aliphatic rings. The summed E-state index contributed by atoms with van der Waals surface area (Å²) in [4.78, 5) is 0. The molecule has 0 spiro atoms. The summed E-state index contributed by atoms with van der Waals surface area (Å²) >= 11 is 0. The lowest BCUT2D eigenvalue weighted by Crippen LogP contribution is -2.03. The Morgan fingerprint density at radius 1 is 1.12 bits per heavy atom. The van der Waals surface area contributed by atoms with Crippen molar-refractivity contribution in [1.82, 2.24) is 0 Å². The van der Waals surface area contributed by atoms with Gasteiger partial charge in [0.15, 0.2) is 0 Å². The number of hydrogen-bond acceptors (Lipinski definition) is 4. The molecule has 4 nitrogen and oxygen atoms in total. The van der Waals surface area contributed by atoms with Crippen molar-refractivity contribution < 1.29 is 19.7 Å². The van der Waals surface area contributed by atoms with Crippen molar-refractivity contribution in [3.05, 3.63) is 35.9 Å². The van der Waals surface area contributed by atoms with E-state index in [0.717, 1.165) is 6.61 Å². The minimum absolute atomic E-state index is 0.0278. The Bertz CT molecular complexity index is 255. The fraction of sp³-hybridized carbons (Fsp3) is 0.500. The van der Waals surface area contributed by atoms with Gasteiger partial charge in [0.05, 0.1) is 33.0 Å². The van der Waals surface area contributed by atoms with Crippen LogP contribution in [0.3, 0.4) is 0 Å². The maximum absolute atomic E-state index is 8.09. The molecular weight excluding hydrogens is 208 g/mol. The standard InChI is InChI=1S/C8H8O.C4H10O3/c1-2-4-7(5-3-1)8-6-9-8;5-1-3-7-4-2-6/h1-5,8H,6H2;5-6H,1-4H2. The number of aliphatic hydroxyl groups excluding tert-OH is 2. The smallest absolute Gasteiger partial charge is 0.106 e. The van der Waals surface area contributed by atoms with E-state index in [4.69, 9.17) is 14.9 Å². The van der Waals surface area contributed by atoms with Crippen LogP contribution < -0.4 is 0 Å². The van der Waals surface area contributed by atoms with Crippen LogP contribution in [0.2, 0.25) is 0 Å². The van der Waals surface area contributed by atoms with Crippen LogP contribution in [0.15, 0.2) is 30.3 Å². The summed E-state index contributed by atoms with van der Waals surface area (Å²) < 4.78 is 9.73. The molecule has 1 aromatic carbocycles. The summed E-state index contributed by atoms with van der Waals surface area (Å²) in [5.41, 5.74) is 1.30. The van der Waals surface area contributed by atoms with Gasteiger partial charge in [-0.25, -0.2) is 0 Å². The van der Waals surface area contributed by atoms with Crippen LogP contribution in [-0.4, -0.2) is 43.2 Å². The first kappa shape index (κ1) is 13.1. The molecule has 0 bridgehead atoms. The van der Waals surface area contributed by atoms with Gasteiger partial charge in [-0.1, -0.05) is 30.3 Å². The molecule has 1 atom stereocenters. The van der Waals surface area contributed by atoms with E-state index in [1.807, 2.05) is 18.2 Å². The first-order chi connectivity index (χ1) is 7.88. The molecule has 1 aromatic rings. The number of hydrogen-bond donors (Lipinski definition) is 2. The third-order valence-corrected chi connectivity index (χ3v) is 1.98. The van der Waals surface area contributed by atoms with Crippen LogP contribution in [0.25, 0.3) is 0 Å². The average molecular weight is 226 g/mol. The lowest BCUT2D eigenvalue weighted by atomic mass is 10.2. The molecule has 0 radical (unpaired) electrons. The van der Waals surface area contributed by atoms with Gasteiger partial charge in [-0.2, -0.15) is 0 Å². The topological polar surface area (TPSA) is 62.2 Å². The van der Waals surface area contributed by atoms with Crippen LogP contribution in [0, 0.1) is 0 Å². The fourth-order valence-electron chi connectivity index (χ4n) is 1.14. The first-order valence-electron chi connectivity index (χ1n) is 5.34. The SMILES string of the molecule is OCCOCCO.c1ccc(C2CO2)cc1. The number of rotatable bonds is 5. The van der Waals surface area contributed by atoms with Crippen LogP contribution in [0.1, 0.15) is 11.7 Å². The maximum atomic E-state index is 8.09. The average Bonchev–Trinajstić information content (AvgIpc) is 3.16. The fourth-order valence-corrected chi connectivity index (χ4v) is 1.14. The molecule has 2 rings (SSSR count). The second-order valence-electron chi connectivity index (χ2n) is 3.29. The molecule has 0 saturated carbocycles. The predicted molar refractivity (Wildman–Crippen MR) is 60.1 cm³/mol. The minimum Gasteiger partial charge on any atom is -0.394 e. The Morgan fingerprint density at radius 2 is 1.69 bits per heavy atom. The summed E-state index contributed by atoms with van der Waals surface area (Å²) in [6.45, 7) is 1.60. The summed E-state index contributed by atoms with van der Waals surface area (Å²) in [6.07, 6.45) is 0.409. The van der Waals surface area contributed by atoms with Gasteiger partial charge in [0.25, 0.3) is 0 Å². The zero-order chi connectivity index (χ0) is 11.6. The van der Waals surface area contributed by atoms with Gasteiger partial charge in [-0.15, -0.1) is 0 Å². The largest absolute Gasteiger partial charge is 0.394 e. The van der Waals surface area contributed by atoms with Crippen molar-refractivity contribution in [3.63, 3.8) is 0 Å². The predicted octanol–water partition coefficient (Wildman–Crippen LogP) is 0.745. The molecule has 1 unspecified atom stereocenters. The Balaban J connectivity index is 0.000000168. The highest BCUT2D eigenvalue weighted by Gasteiger charge is 2.23. The molecule has 0 aliphatic carbocycles. The van der Waals surface area contributed by atoms with Gasteiger partial charge < -0.3 is 19.7 Å².